The minimum absolute atomic E-state index is 0.00102. The smallest absolute Gasteiger partial charge is 0.380 e. The SMILES string of the molecule is N=Cc1cc(/C=C2\SC(=Nc3cccnc3)NC2=O)ccc1NCc1ccc(Cl)cc1C(F)(F)F. The normalized spacial score (nSPS) is 15.9. The number of benzene rings is 2. The number of nitrogens with one attached hydrogen (secondary N) is 3. The molecule has 3 N–H and O–H groups in total. The lowest BCUT2D eigenvalue weighted by Crippen LogP contribution is -2.19. The van der Waals surface area contributed by atoms with E-state index >= 15 is 0 Å². The van der Waals surface area contributed by atoms with Gasteiger partial charge in [0.25, 0.3) is 5.91 Å². The molecule has 2 heterocycles. The number of carbonyl (C=O) groups excluding carboxylic acids is 1. The van der Waals surface area contributed by atoms with E-state index in [-0.39, 0.29) is 23.0 Å². The number of thioether (sulfide) groups is 1. The Morgan fingerprint density at radius 2 is 2.03 bits per heavy atom. The largest absolute Gasteiger partial charge is 0.416 e. The number of alkyl halides is 3. The van der Waals surface area contributed by atoms with Crippen molar-refractivity contribution in [1.82, 2.24) is 10.3 Å². The molecule has 6 nitrogen and oxygen atoms in total. The molecule has 1 aromatic heterocycles. The summed E-state index contributed by atoms with van der Waals surface area (Å²) in [6.07, 6.45) is 1.41. The minimum Gasteiger partial charge on any atom is -0.380 e. The molecule has 1 fully saturated rings. The van der Waals surface area contributed by atoms with Crippen LogP contribution in [0.4, 0.5) is 24.5 Å². The van der Waals surface area contributed by atoms with Crippen molar-refractivity contribution in [1.29, 1.82) is 5.41 Å². The monoisotopic (exact) mass is 515 g/mol. The number of halogens is 4. The van der Waals surface area contributed by atoms with Gasteiger partial charge in [-0.25, -0.2) is 4.99 Å². The fraction of sp³-hybridized carbons (Fsp3) is 0.0833. The summed E-state index contributed by atoms with van der Waals surface area (Å²) in [4.78, 5) is 21.1. The molecule has 0 aliphatic carbocycles. The highest BCUT2D eigenvalue weighted by Gasteiger charge is 2.33. The Morgan fingerprint density at radius 3 is 2.74 bits per heavy atom. The Kier molecular flexibility index (Phi) is 7.23. The Hall–Kier alpha value is -3.63. The Bertz CT molecular complexity index is 1340. The summed E-state index contributed by atoms with van der Waals surface area (Å²) in [5.41, 5.74) is 1.40. The second kappa shape index (κ2) is 10.3. The Balaban J connectivity index is 1.52. The molecule has 0 bridgehead atoms. The molecule has 1 aliphatic heterocycles. The number of carbonyl (C=O) groups is 1. The van der Waals surface area contributed by atoms with Crippen molar-refractivity contribution in [2.45, 2.75) is 12.7 Å². The van der Waals surface area contributed by atoms with Crippen LogP contribution in [-0.4, -0.2) is 22.3 Å². The van der Waals surface area contributed by atoms with E-state index in [1.807, 2.05) is 0 Å². The van der Waals surface area contributed by atoms with Crippen LogP contribution in [0.25, 0.3) is 6.08 Å². The molecule has 0 atom stereocenters. The molecule has 178 valence electrons. The standard InChI is InChI=1S/C24H17ClF3N5OS/c25-17-5-4-15(19(10-17)24(26,27)28)12-31-20-6-3-14(8-16(20)11-29)9-21-22(34)33-23(35-21)32-18-2-1-7-30-13-18/h1-11,13,29,31H,12H2,(H,32,33,34)/b21-9-,29-11?. The average molecular weight is 516 g/mol. The van der Waals surface area contributed by atoms with Crippen molar-refractivity contribution in [2.75, 3.05) is 5.32 Å². The molecule has 0 saturated carbocycles. The second-order valence-corrected chi connectivity index (χ2v) is 8.80. The maximum atomic E-state index is 13.4. The van der Waals surface area contributed by atoms with Crippen molar-refractivity contribution in [3.63, 3.8) is 0 Å². The molecule has 0 spiro atoms. The third-order valence-corrected chi connectivity index (χ3v) is 6.05. The van der Waals surface area contributed by atoms with Gasteiger partial charge in [0.2, 0.25) is 0 Å². The lowest BCUT2D eigenvalue weighted by Gasteiger charge is -2.15. The topological polar surface area (TPSA) is 90.2 Å². The van der Waals surface area contributed by atoms with Crippen molar-refractivity contribution in [2.24, 2.45) is 4.99 Å². The molecule has 1 saturated heterocycles. The van der Waals surface area contributed by atoms with E-state index in [1.54, 1.807) is 48.8 Å². The van der Waals surface area contributed by atoms with Crippen LogP contribution in [0, 0.1) is 5.41 Å². The van der Waals surface area contributed by atoms with Gasteiger partial charge >= 0.3 is 6.18 Å². The predicted octanol–water partition coefficient (Wildman–Crippen LogP) is 6.26. The summed E-state index contributed by atoms with van der Waals surface area (Å²) in [6, 6.07) is 12.1. The molecule has 1 aliphatic rings. The summed E-state index contributed by atoms with van der Waals surface area (Å²) in [5, 5.41) is 13.8. The van der Waals surface area contributed by atoms with Gasteiger partial charge in [-0.3, -0.25) is 9.78 Å². The van der Waals surface area contributed by atoms with Gasteiger partial charge in [0, 0.05) is 35.2 Å². The van der Waals surface area contributed by atoms with Crippen LogP contribution in [0.3, 0.4) is 0 Å². The zero-order valence-electron chi connectivity index (χ0n) is 17.9. The van der Waals surface area contributed by atoms with Crippen molar-refractivity contribution < 1.29 is 18.0 Å². The zero-order chi connectivity index (χ0) is 25.0. The molecule has 4 rings (SSSR count). The van der Waals surface area contributed by atoms with E-state index in [9.17, 15) is 18.0 Å². The highest BCUT2D eigenvalue weighted by Crippen LogP contribution is 2.34. The first kappa shape index (κ1) is 24.5. The minimum atomic E-state index is -4.54. The van der Waals surface area contributed by atoms with Crippen LogP contribution < -0.4 is 10.6 Å². The van der Waals surface area contributed by atoms with E-state index in [2.05, 4.69) is 20.6 Å². The van der Waals surface area contributed by atoms with Gasteiger partial charge < -0.3 is 16.0 Å². The quantitative estimate of drug-likeness (QED) is 0.267. The highest BCUT2D eigenvalue weighted by molar-refractivity contribution is 8.18. The zero-order valence-corrected chi connectivity index (χ0v) is 19.4. The van der Waals surface area contributed by atoms with Gasteiger partial charge in [0.15, 0.2) is 5.17 Å². The first-order valence-corrected chi connectivity index (χ1v) is 11.4. The first-order chi connectivity index (χ1) is 16.7. The fourth-order valence-corrected chi connectivity index (χ4v) is 4.29. The number of nitrogens with zero attached hydrogens (tertiary/aromatic N) is 2. The molecule has 0 unspecified atom stereocenters. The molecule has 2 aromatic carbocycles. The summed E-state index contributed by atoms with van der Waals surface area (Å²) < 4.78 is 40.1. The van der Waals surface area contributed by atoms with Crippen LogP contribution in [0.2, 0.25) is 5.02 Å². The molecular formula is C24H17ClF3N5OS. The van der Waals surface area contributed by atoms with E-state index < -0.39 is 11.7 Å². The van der Waals surface area contributed by atoms with Crippen molar-refractivity contribution in [3.8, 4) is 0 Å². The van der Waals surface area contributed by atoms with Gasteiger partial charge in [0.05, 0.1) is 22.4 Å². The maximum absolute atomic E-state index is 13.4. The number of anilines is 1. The van der Waals surface area contributed by atoms with Crippen LogP contribution in [0.1, 0.15) is 22.3 Å². The van der Waals surface area contributed by atoms with Crippen LogP contribution in [0.15, 0.2) is 70.8 Å². The summed E-state index contributed by atoms with van der Waals surface area (Å²) in [5.74, 6) is -0.307. The number of aromatic nitrogens is 1. The van der Waals surface area contributed by atoms with E-state index in [1.165, 1.54) is 23.9 Å². The predicted molar refractivity (Wildman–Crippen MR) is 133 cm³/mol. The number of rotatable bonds is 6. The third-order valence-electron chi connectivity index (χ3n) is 4.90. The number of aliphatic imine (C=N–C) groups is 1. The van der Waals surface area contributed by atoms with E-state index in [4.69, 9.17) is 17.0 Å². The van der Waals surface area contributed by atoms with Gasteiger partial charge in [-0.1, -0.05) is 23.7 Å². The molecule has 0 radical (unpaired) electrons. The van der Waals surface area contributed by atoms with Crippen molar-refractivity contribution in [3.05, 3.63) is 93.1 Å². The summed E-state index contributed by atoms with van der Waals surface area (Å²) >= 11 is 6.91. The van der Waals surface area contributed by atoms with Crippen LogP contribution in [0.5, 0.6) is 0 Å². The first-order valence-electron chi connectivity index (χ1n) is 10.2. The number of pyridine rings is 1. The van der Waals surface area contributed by atoms with Gasteiger partial charge in [-0.2, -0.15) is 13.2 Å². The number of amidine groups is 1. The van der Waals surface area contributed by atoms with Gasteiger partial charge in [-0.05, 0) is 65.4 Å². The van der Waals surface area contributed by atoms with Gasteiger partial charge in [-0.15, -0.1) is 0 Å². The van der Waals surface area contributed by atoms with Crippen molar-refractivity contribution >= 4 is 58.1 Å². The fourth-order valence-electron chi connectivity index (χ4n) is 3.28. The summed E-state index contributed by atoms with van der Waals surface area (Å²) in [6.45, 7) is -0.111. The molecule has 1 amide bonds. The number of hydrogen-bond donors (Lipinski definition) is 3. The van der Waals surface area contributed by atoms with Crippen LogP contribution >= 0.6 is 23.4 Å². The average Bonchev–Trinajstić information content (AvgIpc) is 3.16. The third kappa shape index (κ3) is 6.09. The highest BCUT2D eigenvalue weighted by atomic mass is 35.5. The summed E-state index contributed by atoms with van der Waals surface area (Å²) in [7, 11) is 0. The molecule has 35 heavy (non-hydrogen) atoms. The van der Waals surface area contributed by atoms with E-state index in [0.29, 0.717) is 32.6 Å². The number of hydrogen-bond acceptors (Lipinski definition) is 6. The molecule has 11 heteroatoms. The van der Waals surface area contributed by atoms with E-state index in [0.717, 1.165) is 12.3 Å². The number of amides is 1. The van der Waals surface area contributed by atoms with Crippen LogP contribution in [-0.2, 0) is 17.5 Å². The lowest BCUT2D eigenvalue weighted by atomic mass is 10.1. The Morgan fingerprint density at radius 1 is 1.20 bits per heavy atom. The molecule has 3 aromatic rings. The van der Waals surface area contributed by atoms with Gasteiger partial charge in [0.1, 0.15) is 0 Å². The Labute approximate surface area is 207 Å². The lowest BCUT2D eigenvalue weighted by molar-refractivity contribution is -0.138. The second-order valence-electron chi connectivity index (χ2n) is 7.34. The maximum Gasteiger partial charge on any atom is 0.416 e. The molecular weight excluding hydrogens is 499 g/mol.